The fourth-order valence-electron chi connectivity index (χ4n) is 2.88. The lowest BCUT2D eigenvalue weighted by Crippen LogP contribution is -2.30. The zero-order valence-corrected chi connectivity index (χ0v) is 16.4. The number of nitrogens with one attached hydrogen (secondary N) is 1. The van der Waals surface area contributed by atoms with Crippen molar-refractivity contribution in [1.82, 2.24) is 0 Å². The molecule has 0 fully saturated rings. The average Bonchev–Trinajstić information content (AvgIpc) is 2.76. The molecule has 0 unspecified atom stereocenters. The van der Waals surface area contributed by atoms with Gasteiger partial charge < -0.3 is 14.8 Å². The minimum Gasteiger partial charge on any atom is -0.490 e. The number of para-hydroxylation sites is 1. The van der Waals surface area contributed by atoms with E-state index in [0.717, 1.165) is 11.1 Å². The predicted molar refractivity (Wildman–Crippen MR) is 113 cm³/mol. The van der Waals surface area contributed by atoms with Crippen molar-refractivity contribution in [1.29, 1.82) is 5.26 Å². The van der Waals surface area contributed by atoms with Crippen LogP contribution in [0.1, 0.15) is 19.4 Å². The Morgan fingerprint density at radius 2 is 1.76 bits per heavy atom. The smallest absolute Gasteiger partial charge is 0.265 e. The zero-order chi connectivity index (χ0) is 20.6. The van der Waals surface area contributed by atoms with Gasteiger partial charge in [-0.15, -0.1) is 0 Å². The van der Waals surface area contributed by atoms with E-state index >= 15 is 0 Å². The van der Waals surface area contributed by atoms with E-state index in [2.05, 4.69) is 11.4 Å². The summed E-state index contributed by atoms with van der Waals surface area (Å²) in [5, 5.41) is 12.0. The molecule has 29 heavy (non-hydrogen) atoms. The lowest BCUT2D eigenvalue weighted by molar-refractivity contribution is -0.122. The van der Waals surface area contributed by atoms with Gasteiger partial charge in [-0.3, -0.25) is 4.79 Å². The van der Waals surface area contributed by atoms with Crippen molar-refractivity contribution in [3.05, 3.63) is 78.4 Å². The van der Waals surface area contributed by atoms with Gasteiger partial charge in [-0.05, 0) is 37.6 Å². The molecule has 0 bridgehead atoms. The Balaban J connectivity index is 1.77. The van der Waals surface area contributed by atoms with Gasteiger partial charge in [0.15, 0.2) is 17.6 Å². The van der Waals surface area contributed by atoms with Crippen LogP contribution in [-0.4, -0.2) is 18.6 Å². The number of amides is 1. The highest BCUT2D eigenvalue weighted by Crippen LogP contribution is 2.30. The molecule has 0 heterocycles. The van der Waals surface area contributed by atoms with E-state index in [4.69, 9.17) is 14.7 Å². The van der Waals surface area contributed by atoms with Crippen molar-refractivity contribution in [3.8, 4) is 28.7 Å². The van der Waals surface area contributed by atoms with Gasteiger partial charge in [0.25, 0.3) is 5.91 Å². The van der Waals surface area contributed by atoms with Gasteiger partial charge >= 0.3 is 0 Å². The van der Waals surface area contributed by atoms with Gasteiger partial charge in [0.2, 0.25) is 0 Å². The Hall–Kier alpha value is -3.78. The van der Waals surface area contributed by atoms with E-state index < -0.39 is 6.10 Å². The molecule has 5 heteroatoms. The summed E-state index contributed by atoms with van der Waals surface area (Å²) < 4.78 is 11.4. The van der Waals surface area contributed by atoms with Crippen LogP contribution in [0.25, 0.3) is 11.1 Å². The molecule has 5 nitrogen and oxygen atoms in total. The standard InChI is InChI=1S/C24H22N2O3/c1-3-28-23-15-18(16-25)13-14-22(23)29-17(2)24(27)26-21-12-8-7-11-20(21)19-9-5-4-6-10-19/h4-15,17H,3H2,1-2H3,(H,26,27)/t17-/m1/s1. The van der Waals surface area contributed by atoms with Crippen LogP contribution in [-0.2, 0) is 4.79 Å². The Bertz CT molecular complexity index is 1030. The molecule has 3 aromatic rings. The summed E-state index contributed by atoms with van der Waals surface area (Å²) >= 11 is 0. The van der Waals surface area contributed by atoms with Crippen LogP contribution in [0.5, 0.6) is 11.5 Å². The van der Waals surface area contributed by atoms with Crippen LogP contribution >= 0.6 is 0 Å². The fourth-order valence-corrected chi connectivity index (χ4v) is 2.88. The molecule has 1 N–H and O–H groups in total. The Kier molecular flexibility index (Phi) is 6.49. The fraction of sp³-hybridized carbons (Fsp3) is 0.167. The predicted octanol–water partition coefficient (Wildman–Crippen LogP) is 5.03. The molecule has 146 valence electrons. The van der Waals surface area contributed by atoms with Crippen LogP contribution in [0.15, 0.2) is 72.8 Å². The third-order valence-electron chi connectivity index (χ3n) is 4.32. The van der Waals surface area contributed by atoms with Gasteiger partial charge in [-0.25, -0.2) is 0 Å². The van der Waals surface area contributed by atoms with Crippen LogP contribution in [0.3, 0.4) is 0 Å². The second-order valence-corrected chi connectivity index (χ2v) is 6.37. The van der Waals surface area contributed by atoms with E-state index in [1.165, 1.54) is 0 Å². The largest absolute Gasteiger partial charge is 0.490 e. The topological polar surface area (TPSA) is 71.3 Å². The highest BCUT2D eigenvalue weighted by Gasteiger charge is 2.19. The summed E-state index contributed by atoms with van der Waals surface area (Å²) in [5.41, 5.74) is 3.13. The summed E-state index contributed by atoms with van der Waals surface area (Å²) in [7, 11) is 0. The Morgan fingerprint density at radius 1 is 1.03 bits per heavy atom. The van der Waals surface area contributed by atoms with E-state index in [-0.39, 0.29) is 5.91 Å². The van der Waals surface area contributed by atoms with E-state index in [0.29, 0.717) is 29.4 Å². The van der Waals surface area contributed by atoms with Gasteiger partial charge in [-0.2, -0.15) is 5.26 Å². The van der Waals surface area contributed by atoms with Crippen molar-refractivity contribution >= 4 is 11.6 Å². The molecule has 0 aliphatic heterocycles. The summed E-state index contributed by atoms with van der Waals surface area (Å²) in [6, 6.07) is 24.4. The second-order valence-electron chi connectivity index (χ2n) is 6.37. The molecule has 1 atom stereocenters. The zero-order valence-electron chi connectivity index (χ0n) is 16.4. The average molecular weight is 386 g/mol. The Labute approximate surface area is 170 Å². The van der Waals surface area contributed by atoms with Crippen LogP contribution in [0.2, 0.25) is 0 Å². The summed E-state index contributed by atoms with van der Waals surface area (Å²) in [5.74, 6) is 0.584. The molecule has 0 radical (unpaired) electrons. The van der Waals surface area contributed by atoms with Gasteiger partial charge in [-0.1, -0.05) is 48.5 Å². The summed E-state index contributed by atoms with van der Waals surface area (Å²) in [6.45, 7) is 3.95. The number of nitriles is 1. The van der Waals surface area contributed by atoms with Crippen LogP contribution in [0.4, 0.5) is 5.69 Å². The molecular weight excluding hydrogens is 364 g/mol. The molecule has 3 aromatic carbocycles. The van der Waals surface area contributed by atoms with Gasteiger partial charge in [0, 0.05) is 17.3 Å². The number of carbonyl (C=O) groups is 1. The van der Waals surface area contributed by atoms with Crippen molar-refractivity contribution < 1.29 is 14.3 Å². The number of hydrogen-bond acceptors (Lipinski definition) is 4. The monoisotopic (exact) mass is 386 g/mol. The molecule has 0 aliphatic carbocycles. The second kappa shape index (κ2) is 9.43. The first-order valence-corrected chi connectivity index (χ1v) is 9.41. The van der Waals surface area contributed by atoms with Crippen molar-refractivity contribution in [3.63, 3.8) is 0 Å². The van der Waals surface area contributed by atoms with Gasteiger partial charge in [0.05, 0.1) is 18.2 Å². The molecule has 0 spiro atoms. The molecule has 0 aromatic heterocycles. The van der Waals surface area contributed by atoms with E-state index in [9.17, 15) is 4.79 Å². The number of anilines is 1. The molecule has 0 saturated carbocycles. The lowest BCUT2D eigenvalue weighted by atomic mass is 10.0. The number of carbonyl (C=O) groups excluding carboxylic acids is 1. The molecule has 0 saturated heterocycles. The summed E-state index contributed by atoms with van der Waals surface area (Å²) in [4.78, 5) is 12.8. The number of benzene rings is 3. The van der Waals surface area contributed by atoms with Crippen LogP contribution < -0.4 is 14.8 Å². The molecule has 0 aliphatic rings. The maximum atomic E-state index is 12.8. The lowest BCUT2D eigenvalue weighted by Gasteiger charge is -2.18. The SMILES string of the molecule is CCOc1cc(C#N)ccc1O[C@H](C)C(=O)Nc1ccccc1-c1ccccc1. The third-order valence-corrected chi connectivity index (χ3v) is 4.32. The number of rotatable bonds is 7. The number of hydrogen-bond donors (Lipinski definition) is 1. The molecular formula is C24H22N2O3. The minimum atomic E-state index is -0.758. The van der Waals surface area contributed by atoms with Gasteiger partial charge in [0.1, 0.15) is 0 Å². The van der Waals surface area contributed by atoms with Crippen molar-refractivity contribution in [2.45, 2.75) is 20.0 Å². The first-order chi connectivity index (χ1) is 14.1. The third kappa shape index (κ3) is 4.94. The van der Waals surface area contributed by atoms with Crippen molar-refractivity contribution in [2.75, 3.05) is 11.9 Å². The number of ether oxygens (including phenoxy) is 2. The maximum Gasteiger partial charge on any atom is 0.265 e. The normalized spacial score (nSPS) is 11.2. The van der Waals surface area contributed by atoms with Crippen molar-refractivity contribution in [2.24, 2.45) is 0 Å². The van der Waals surface area contributed by atoms with Crippen LogP contribution in [0, 0.1) is 11.3 Å². The first kappa shape index (κ1) is 20.0. The highest BCUT2D eigenvalue weighted by molar-refractivity contribution is 5.98. The van der Waals surface area contributed by atoms with E-state index in [1.807, 2.05) is 61.5 Å². The van der Waals surface area contributed by atoms with E-state index in [1.54, 1.807) is 25.1 Å². The minimum absolute atomic E-state index is 0.278. The molecule has 3 rings (SSSR count). The summed E-state index contributed by atoms with van der Waals surface area (Å²) in [6.07, 6.45) is -0.758. The quantitative estimate of drug-likeness (QED) is 0.618. The Morgan fingerprint density at radius 3 is 2.48 bits per heavy atom. The maximum absolute atomic E-state index is 12.8. The molecule has 1 amide bonds. The highest BCUT2D eigenvalue weighted by atomic mass is 16.5. The number of nitrogens with zero attached hydrogens (tertiary/aromatic N) is 1. The first-order valence-electron chi connectivity index (χ1n) is 9.41.